The summed E-state index contributed by atoms with van der Waals surface area (Å²) in [6, 6.07) is 11.5. The predicted molar refractivity (Wildman–Crippen MR) is 78.1 cm³/mol. The van der Waals surface area contributed by atoms with Gasteiger partial charge in [-0.3, -0.25) is 0 Å². The van der Waals surface area contributed by atoms with Crippen LogP contribution in [0, 0.1) is 0 Å². The zero-order valence-electron chi connectivity index (χ0n) is 11.1. The molecule has 0 radical (unpaired) electrons. The lowest BCUT2D eigenvalue weighted by molar-refractivity contribution is -0.139. The van der Waals surface area contributed by atoms with E-state index in [9.17, 15) is 4.79 Å². The van der Waals surface area contributed by atoms with Crippen LogP contribution in [0.4, 0.5) is 0 Å². The zero-order valence-corrected chi connectivity index (χ0v) is 11.1. The van der Waals surface area contributed by atoms with Gasteiger partial charge >= 0.3 is 5.97 Å². The molecule has 1 N–H and O–H groups in total. The first kappa shape index (κ1) is 13.1. The number of fused-ring (bicyclic) bond motifs is 1. The highest BCUT2D eigenvalue weighted by atomic mass is 16.5. The van der Waals surface area contributed by atoms with Crippen molar-refractivity contribution in [1.29, 1.82) is 0 Å². The van der Waals surface area contributed by atoms with Gasteiger partial charge in [-0.15, -0.1) is 0 Å². The molecule has 5 heteroatoms. The number of benzene rings is 2. The lowest BCUT2D eigenvalue weighted by Crippen LogP contribution is -2.09. The molecule has 3 rings (SSSR count). The molecule has 21 heavy (non-hydrogen) atoms. The molecule has 0 bridgehead atoms. The van der Waals surface area contributed by atoms with E-state index < -0.39 is 5.97 Å². The summed E-state index contributed by atoms with van der Waals surface area (Å²) in [5.41, 5.74) is 1.98. The maximum Gasteiger partial charge on any atom is 0.341 e. The number of ether oxygens (including phenoxy) is 1. The highest BCUT2D eigenvalue weighted by molar-refractivity contribution is 5.88. The Bertz CT molecular complexity index is 788. The molecular weight excluding hydrogens is 268 g/mol. The molecular formula is C16H12N2O3. The van der Waals surface area contributed by atoms with Gasteiger partial charge in [-0.1, -0.05) is 18.2 Å². The van der Waals surface area contributed by atoms with Crippen LogP contribution in [-0.4, -0.2) is 27.7 Å². The van der Waals surface area contributed by atoms with E-state index in [1.165, 1.54) is 6.33 Å². The van der Waals surface area contributed by atoms with Crippen LogP contribution in [0.15, 0.2) is 55.1 Å². The molecule has 104 valence electrons. The summed E-state index contributed by atoms with van der Waals surface area (Å²) >= 11 is 0. The van der Waals surface area contributed by atoms with Crippen molar-refractivity contribution in [2.45, 2.75) is 0 Å². The molecule has 2 aromatic carbocycles. The fourth-order valence-corrected chi connectivity index (χ4v) is 2.09. The van der Waals surface area contributed by atoms with Crippen LogP contribution in [0.1, 0.15) is 0 Å². The van der Waals surface area contributed by atoms with Crippen molar-refractivity contribution < 1.29 is 14.6 Å². The lowest BCUT2D eigenvalue weighted by atomic mass is 10.0. The number of aromatic nitrogens is 2. The average Bonchev–Trinajstić information content (AvgIpc) is 2.53. The molecule has 0 aliphatic heterocycles. The van der Waals surface area contributed by atoms with Crippen molar-refractivity contribution in [1.82, 2.24) is 9.97 Å². The predicted octanol–water partition coefficient (Wildman–Crippen LogP) is 2.76. The third-order valence-electron chi connectivity index (χ3n) is 3.07. The molecule has 0 spiro atoms. The van der Waals surface area contributed by atoms with E-state index in [1.807, 2.05) is 30.3 Å². The van der Waals surface area contributed by atoms with Crippen LogP contribution in [0.2, 0.25) is 0 Å². The number of carbonyl (C=O) groups is 1. The fourth-order valence-electron chi connectivity index (χ4n) is 2.09. The van der Waals surface area contributed by atoms with Gasteiger partial charge in [-0.05, 0) is 34.5 Å². The summed E-state index contributed by atoms with van der Waals surface area (Å²) in [4.78, 5) is 18.5. The van der Waals surface area contributed by atoms with Crippen molar-refractivity contribution in [3.05, 3.63) is 55.1 Å². The van der Waals surface area contributed by atoms with E-state index in [1.54, 1.807) is 18.5 Å². The number of carboxylic acids is 1. The third-order valence-corrected chi connectivity index (χ3v) is 3.07. The highest BCUT2D eigenvalue weighted by Gasteiger charge is 2.03. The molecule has 3 aromatic rings. The molecule has 5 nitrogen and oxygen atoms in total. The summed E-state index contributed by atoms with van der Waals surface area (Å²) in [6.45, 7) is -0.342. The number of aliphatic carboxylic acids is 1. The zero-order chi connectivity index (χ0) is 14.7. The smallest absolute Gasteiger partial charge is 0.341 e. The van der Waals surface area contributed by atoms with Gasteiger partial charge in [0.2, 0.25) is 0 Å². The molecule has 0 saturated heterocycles. The first-order valence-corrected chi connectivity index (χ1v) is 6.36. The van der Waals surface area contributed by atoms with Crippen molar-refractivity contribution >= 4 is 16.7 Å². The maximum atomic E-state index is 10.5. The van der Waals surface area contributed by atoms with Gasteiger partial charge in [-0.25, -0.2) is 14.8 Å². The van der Waals surface area contributed by atoms with E-state index in [4.69, 9.17) is 9.84 Å². The second-order valence-electron chi connectivity index (χ2n) is 4.53. The number of nitrogens with zero attached hydrogens (tertiary/aromatic N) is 2. The summed E-state index contributed by atoms with van der Waals surface area (Å²) in [5, 5.41) is 10.6. The van der Waals surface area contributed by atoms with Crippen molar-refractivity contribution in [3.63, 3.8) is 0 Å². The lowest BCUT2D eigenvalue weighted by Gasteiger charge is -2.06. The number of carboxylic acid groups (broad SMARTS) is 1. The van der Waals surface area contributed by atoms with Gasteiger partial charge in [0.25, 0.3) is 0 Å². The maximum absolute atomic E-state index is 10.5. The first-order valence-electron chi connectivity index (χ1n) is 6.36. The van der Waals surface area contributed by atoms with Gasteiger partial charge in [-0.2, -0.15) is 0 Å². The Morgan fingerprint density at radius 3 is 2.48 bits per heavy atom. The normalized spacial score (nSPS) is 10.5. The van der Waals surface area contributed by atoms with Gasteiger partial charge in [0, 0.05) is 18.0 Å². The number of hydrogen-bond donors (Lipinski definition) is 1. The molecule has 0 saturated carbocycles. The first-order chi connectivity index (χ1) is 10.2. The summed E-state index contributed by atoms with van der Waals surface area (Å²) in [7, 11) is 0. The molecule has 0 amide bonds. The highest BCUT2D eigenvalue weighted by Crippen LogP contribution is 2.26. The average molecular weight is 280 g/mol. The van der Waals surface area contributed by atoms with Crippen LogP contribution in [0.25, 0.3) is 21.9 Å². The minimum atomic E-state index is -0.991. The fraction of sp³-hybridized carbons (Fsp3) is 0.0625. The number of rotatable bonds is 4. The quantitative estimate of drug-likeness (QED) is 0.795. The number of hydrogen-bond acceptors (Lipinski definition) is 4. The van der Waals surface area contributed by atoms with E-state index >= 15 is 0 Å². The monoisotopic (exact) mass is 280 g/mol. The van der Waals surface area contributed by atoms with Crippen molar-refractivity contribution in [3.8, 4) is 16.9 Å². The van der Waals surface area contributed by atoms with Crippen LogP contribution < -0.4 is 4.74 Å². The molecule has 1 heterocycles. The van der Waals surface area contributed by atoms with Crippen LogP contribution in [0.5, 0.6) is 5.75 Å². The third kappa shape index (κ3) is 2.97. The van der Waals surface area contributed by atoms with E-state index in [0.717, 1.165) is 21.9 Å². The van der Waals surface area contributed by atoms with E-state index in [0.29, 0.717) is 5.75 Å². The SMILES string of the molecule is O=C(O)COc1ccc2cc(-c3cncnc3)ccc2c1. The standard InChI is InChI=1S/C16H12N2O3/c19-16(20)9-21-15-4-3-11-5-12(1-2-13(11)6-15)14-7-17-10-18-8-14/h1-8,10H,9H2,(H,19,20). The minimum Gasteiger partial charge on any atom is -0.482 e. The topological polar surface area (TPSA) is 72.3 Å². The Balaban J connectivity index is 1.93. The Morgan fingerprint density at radius 1 is 1.00 bits per heavy atom. The second kappa shape index (κ2) is 5.58. The molecule has 0 unspecified atom stereocenters. The van der Waals surface area contributed by atoms with Crippen molar-refractivity contribution in [2.75, 3.05) is 6.61 Å². The molecule has 1 aromatic heterocycles. The van der Waals surface area contributed by atoms with Gasteiger partial charge in [0.15, 0.2) is 6.61 Å². The van der Waals surface area contributed by atoms with Gasteiger partial charge in [0.05, 0.1) is 0 Å². The van der Waals surface area contributed by atoms with Crippen LogP contribution >= 0.6 is 0 Å². The van der Waals surface area contributed by atoms with E-state index in [-0.39, 0.29) is 6.61 Å². The van der Waals surface area contributed by atoms with Gasteiger partial charge in [0.1, 0.15) is 12.1 Å². The van der Waals surface area contributed by atoms with Gasteiger partial charge < -0.3 is 9.84 Å². The Morgan fingerprint density at radius 2 is 1.71 bits per heavy atom. The Labute approximate surface area is 120 Å². The minimum absolute atomic E-state index is 0.342. The second-order valence-corrected chi connectivity index (χ2v) is 4.53. The summed E-state index contributed by atoms with van der Waals surface area (Å²) < 4.78 is 5.17. The van der Waals surface area contributed by atoms with Crippen molar-refractivity contribution in [2.24, 2.45) is 0 Å². The van der Waals surface area contributed by atoms with E-state index in [2.05, 4.69) is 9.97 Å². The molecule has 0 aliphatic carbocycles. The van der Waals surface area contributed by atoms with Crippen LogP contribution in [0.3, 0.4) is 0 Å². The summed E-state index contributed by atoms with van der Waals surface area (Å²) in [5.74, 6) is -0.449. The molecule has 0 fully saturated rings. The summed E-state index contributed by atoms with van der Waals surface area (Å²) in [6.07, 6.45) is 5.02. The molecule has 0 aliphatic rings. The largest absolute Gasteiger partial charge is 0.482 e. The Hall–Kier alpha value is -2.95. The van der Waals surface area contributed by atoms with Crippen LogP contribution in [-0.2, 0) is 4.79 Å². The Kier molecular flexibility index (Phi) is 3.47. The molecule has 0 atom stereocenters.